The Labute approximate surface area is 395 Å². The molecule has 338 valence electrons. The van der Waals surface area contributed by atoms with E-state index in [2.05, 4.69) is 21.7 Å². The Balaban J connectivity index is 1.04. The van der Waals surface area contributed by atoms with Gasteiger partial charge < -0.3 is 29.6 Å². The van der Waals surface area contributed by atoms with Gasteiger partial charge in [0, 0.05) is 19.9 Å². The van der Waals surface area contributed by atoms with Crippen molar-refractivity contribution in [3.63, 3.8) is 0 Å². The molecule has 8 rings (SSSR count). The SMILES string of the molecule is COC(=O)[C@@H](Cc1ccc(-c2ccc(C#N)cc2)cc1)NC(=O)[C@@H]1Cc2cc3c(cc2CN1S(=O)(=O)c1sc(NC(C)=O)nc1C)OC(c1ccc(OCc2ccc(Cl)c(Cl)c2)cc1)CO3. The van der Waals surface area contributed by atoms with Crippen LogP contribution in [0.3, 0.4) is 0 Å². The molecule has 0 fully saturated rings. The highest BCUT2D eigenvalue weighted by Gasteiger charge is 2.43. The summed E-state index contributed by atoms with van der Waals surface area (Å²) >= 11 is 13.0. The van der Waals surface area contributed by atoms with Crippen molar-refractivity contribution in [1.82, 2.24) is 14.6 Å². The topological polar surface area (TPSA) is 186 Å². The highest BCUT2D eigenvalue weighted by Crippen LogP contribution is 2.42. The maximum atomic E-state index is 14.7. The number of thiazole rings is 1. The number of hydrogen-bond donors (Lipinski definition) is 2. The smallest absolute Gasteiger partial charge is 0.328 e. The molecular weight excluding hydrogens is 926 g/mol. The summed E-state index contributed by atoms with van der Waals surface area (Å²) in [4.78, 5) is 43.9. The summed E-state index contributed by atoms with van der Waals surface area (Å²) in [5, 5.41) is 15.5. The van der Waals surface area contributed by atoms with Gasteiger partial charge in [-0.3, -0.25) is 9.59 Å². The second-order valence-corrected chi connectivity index (χ2v) is 19.5. The molecule has 0 radical (unpaired) electrons. The quantitative estimate of drug-likeness (QED) is 0.106. The van der Waals surface area contributed by atoms with Gasteiger partial charge in [0.15, 0.2) is 26.9 Å². The largest absolute Gasteiger partial charge is 0.489 e. The van der Waals surface area contributed by atoms with Gasteiger partial charge in [0.2, 0.25) is 11.8 Å². The van der Waals surface area contributed by atoms with Crippen molar-refractivity contribution >= 4 is 67.5 Å². The number of fused-ring (bicyclic) bond motifs is 2. The van der Waals surface area contributed by atoms with Gasteiger partial charge in [0.05, 0.1) is 34.5 Å². The van der Waals surface area contributed by atoms with Crippen molar-refractivity contribution in [2.24, 2.45) is 0 Å². The number of esters is 1. The molecule has 0 saturated carbocycles. The van der Waals surface area contributed by atoms with Crippen molar-refractivity contribution in [2.45, 2.75) is 62.2 Å². The zero-order chi connectivity index (χ0) is 46.7. The van der Waals surface area contributed by atoms with Crippen LogP contribution in [-0.2, 0) is 55.1 Å². The van der Waals surface area contributed by atoms with Crippen LogP contribution in [0.25, 0.3) is 11.1 Å². The molecule has 3 heterocycles. The summed E-state index contributed by atoms with van der Waals surface area (Å²) in [6, 6.07) is 30.3. The predicted molar refractivity (Wildman–Crippen MR) is 248 cm³/mol. The first-order chi connectivity index (χ1) is 31.7. The molecule has 2 aliphatic rings. The molecule has 1 unspecified atom stereocenters. The lowest BCUT2D eigenvalue weighted by Gasteiger charge is -2.36. The Morgan fingerprint density at radius 2 is 1.61 bits per heavy atom. The Morgan fingerprint density at radius 3 is 2.27 bits per heavy atom. The zero-order valence-corrected chi connectivity index (χ0v) is 38.8. The minimum atomic E-state index is -4.46. The summed E-state index contributed by atoms with van der Waals surface area (Å²) in [5.41, 5.74) is 6.07. The molecule has 0 bridgehead atoms. The predicted octanol–water partition coefficient (Wildman–Crippen LogP) is 8.36. The minimum Gasteiger partial charge on any atom is -0.489 e. The molecule has 2 amide bonds. The number of aryl methyl sites for hydroxylation is 1. The molecule has 0 spiro atoms. The highest BCUT2D eigenvalue weighted by atomic mass is 35.5. The number of ether oxygens (including phenoxy) is 4. The summed E-state index contributed by atoms with van der Waals surface area (Å²) in [6.07, 6.45) is -0.533. The third-order valence-corrected chi connectivity index (χ3v) is 15.3. The second-order valence-electron chi connectivity index (χ2n) is 15.6. The van der Waals surface area contributed by atoms with Crippen LogP contribution in [0.2, 0.25) is 10.0 Å². The molecule has 0 saturated heterocycles. The average molecular weight is 967 g/mol. The molecule has 2 N–H and O–H groups in total. The first kappa shape index (κ1) is 46.1. The van der Waals surface area contributed by atoms with Crippen molar-refractivity contribution < 1.29 is 41.7 Å². The van der Waals surface area contributed by atoms with E-state index in [9.17, 15) is 22.8 Å². The Morgan fingerprint density at radius 1 is 0.924 bits per heavy atom. The lowest BCUT2D eigenvalue weighted by Crippen LogP contribution is -2.56. The van der Waals surface area contributed by atoms with Crippen LogP contribution in [-0.4, -0.2) is 61.3 Å². The van der Waals surface area contributed by atoms with E-state index in [1.165, 1.54) is 21.0 Å². The van der Waals surface area contributed by atoms with Crippen molar-refractivity contribution in [3.8, 4) is 34.4 Å². The van der Waals surface area contributed by atoms with E-state index >= 15 is 0 Å². The highest BCUT2D eigenvalue weighted by molar-refractivity contribution is 7.91. The molecule has 66 heavy (non-hydrogen) atoms. The number of nitrogens with zero attached hydrogens (tertiary/aromatic N) is 3. The van der Waals surface area contributed by atoms with E-state index < -0.39 is 46.0 Å². The summed E-state index contributed by atoms with van der Waals surface area (Å²) in [5.74, 6) is -0.422. The number of anilines is 1. The van der Waals surface area contributed by atoms with Crippen LogP contribution in [0, 0.1) is 18.3 Å². The Kier molecular flexibility index (Phi) is 13.6. The van der Waals surface area contributed by atoms with Crippen molar-refractivity contribution in [3.05, 3.63) is 152 Å². The zero-order valence-electron chi connectivity index (χ0n) is 35.7. The number of methoxy groups -OCH3 is 1. The standard InChI is InChI=1S/C48H41Cl2N5O9S2/c1-27-47(65-48(52-27)53-28(2)56)66(59,60)55-24-36-22-43-42(63-26-44(64-43)34-13-15-37(16-14-34)62-25-31-8-17-38(49)39(50)18-31)21-35(36)20-41(55)45(57)54-40(46(58)61-3)19-29-4-9-32(10-5-29)33-11-6-30(23-51)7-12-33/h4-18,21-22,40-41,44H,19-20,24-26H2,1-3H3,(H,54,57)(H,52,53,56)/t40-,41+,44?/m1/s1. The van der Waals surface area contributed by atoms with Crippen LogP contribution in [0.15, 0.2) is 107 Å². The molecule has 18 heteroatoms. The minimum absolute atomic E-state index is 0.0461. The van der Waals surface area contributed by atoms with E-state index in [4.69, 9.17) is 47.4 Å². The maximum absolute atomic E-state index is 14.7. The number of nitrogens with one attached hydrogen (secondary N) is 2. The number of nitriles is 1. The van der Waals surface area contributed by atoms with Gasteiger partial charge in [0.1, 0.15) is 31.0 Å². The monoisotopic (exact) mass is 965 g/mol. The first-order valence-corrected chi connectivity index (χ1v) is 23.6. The molecule has 1 aromatic heterocycles. The maximum Gasteiger partial charge on any atom is 0.328 e. The van der Waals surface area contributed by atoms with E-state index in [1.54, 1.807) is 36.4 Å². The molecule has 5 aromatic carbocycles. The van der Waals surface area contributed by atoms with Crippen LogP contribution in [0.5, 0.6) is 17.2 Å². The molecule has 0 aliphatic carbocycles. The Hall–Kier alpha value is -6.48. The summed E-state index contributed by atoms with van der Waals surface area (Å²) in [6.45, 7) is 3.02. The van der Waals surface area contributed by atoms with Gasteiger partial charge >= 0.3 is 5.97 Å². The van der Waals surface area contributed by atoms with Gasteiger partial charge in [-0.1, -0.05) is 89.1 Å². The molecular formula is C48H41Cl2N5O9S2. The van der Waals surface area contributed by atoms with Gasteiger partial charge in [-0.05, 0) is 101 Å². The number of carbonyl (C=O) groups excluding carboxylic acids is 3. The van der Waals surface area contributed by atoms with E-state index in [1.807, 2.05) is 66.7 Å². The van der Waals surface area contributed by atoms with Crippen LogP contribution in [0.1, 0.15) is 52.1 Å². The molecule has 6 aromatic rings. The van der Waals surface area contributed by atoms with E-state index in [0.29, 0.717) is 49.5 Å². The lowest BCUT2D eigenvalue weighted by molar-refractivity contribution is -0.145. The number of rotatable bonds is 13. The second kappa shape index (κ2) is 19.5. The molecule has 2 aliphatic heterocycles. The fraction of sp³-hybridized carbons (Fsp3) is 0.229. The summed E-state index contributed by atoms with van der Waals surface area (Å²) < 4.78 is 54.1. The van der Waals surface area contributed by atoms with Crippen LogP contribution in [0.4, 0.5) is 5.13 Å². The number of carbonyl (C=O) groups is 3. The van der Waals surface area contributed by atoms with Gasteiger partial charge in [0.25, 0.3) is 10.0 Å². The third kappa shape index (κ3) is 10.2. The van der Waals surface area contributed by atoms with Crippen molar-refractivity contribution in [2.75, 3.05) is 19.0 Å². The summed E-state index contributed by atoms with van der Waals surface area (Å²) in [7, 11) is -3.25. The number of aromatic nitrogens is 1. The van der Waals surface area contributed by atoms with Crippen LogP contribution >= 0.6 is 34.5 Å². The fourth-order valence-corrected chi connectivity index (χ4v) is 11.1. The van der Waals surface area contributed by atoms with Crippen molar-refractivity contribution in [1.29, 1.82) is 5.26 Å². The lowest BCUT2D eigenvalue weighted by atomic mass is 9.93. The number of sulfonamides is 1. The van der Waals surface area contributed by atoms with Crippen LogP contribution < -0.4 is 24.8 Å². The molecule has 3 atom stereocenters. The van der Waals surface area contributed by atoms with Gasteiger partial charge in [-0.15, -0.1) is 0 Å². The number of amides is 2. The Bertz CT molecular complexity index is 2980. The van der Waals surface area contributed by atoms with Gasteiger partial charge in [-0.25, -0.2) is 18.2 Å². The first-order valence-electron chi connectivity index (χ1n) is 20.6. The molecule has 14 nitrogen and oxygen atoms in total. The number of hydrogen-bond acceptors (Lipinski definition) is 12. The third-order valence-electron chi connectivity index (χ3n) is 11.1. The van der Waals surface area contributed by atoms with Gasteiger partial charge in [-0.2, -0.15) is 9.57 Å². The number of halogens is 2. The normalized spacial score (nSPS) is 16.0. The fourth-order valence-electron chi connectivity index (χ4n) is 7.68. The number of benzene rings is 5. The van der Waals surface area contributed by atoms with E-state index in [-0.39, 0.29) is 47.6 Å². The average Bonchev–Trinajstić information content (AvgIpc) is 3.70. The van der Waals surface area contributed by atoms with E-state index in [0.717, 1.165) is 37.9 Å².